The van der Waals surface area contributed by atoms with Gasteiger partial charge in [0, 0.05) is 13.0 Å². The highest BCUT2D eigenvalue weighted by Gasteiger charge is 2.33. The summed E-state index contributed by atoms with van der Waals surface area (Å²) in [5, 5.41) is 1.80. The van der Waals surface area contributed by atoms with E-state index in [9.17, 15) is 0 Å². The Morgan fingerprint density at radius 2 is 1.93 bits per heavy atom. The first kappa shape index (κ1) is 9.00. The molecule has 0 amide bonds. The van der Waals surface area contributed by atoms with Crippen molar-refractivity contribution in [3.63, 3.8) is 0 Å². The largest absolute Gasteiger partial charge is 0.490 e. The number of rotatable bonds is 1. The summed E-state index contributed by atoms with van der Waals surface area (Å²) in [4.78, 5) is 0. The van der Waals surface area contributed by atoms with E-state index in [-0.39, 0.29) is 0 Å². The maximum Gasteiger partial charge on any atom is 0.161 e. The Morgan fingerprint density at radius 3 is 2.67 bits per heavy atom. The third-order valence-electron chi connectivity index (χ3n) is 2.81. The normalized spacial score (nSPS) is 28.3. The van der Waals surface area contributed by atoms with Crippen LogP contribution < -0.4 is 15.3 Å². The number of hydrogen-bond acceptors (Lipinski definition) is 4. The molecule has 0 radical (unpaired) electrons. The van der Waals surface area contributed by atoms with Crippen LogP contribution in [0, 0.1) is 0 Å². The van der Waals surface area contributed by atoms with Crippen molar-refractivity contribution in [2.45, 2.75) is 12.5 Å². The molecule has 2 aliphatic heterocycles. The molecule has 4 nitrogen and oxygen atoms in total. The van der Waals surface area contributed by atoms with E-state index in [0.717, 1.165) is 37.7 Å². The first-order chi connectivity index (χ1) is 7.34. The zero-order valence-corrected chi connectivity index (χ0v) is 8.48. The molecule has 1 saturated heterocycles. The molecule has 2 N–H and O–H groups in total. The number of hydrogen-bond donors (Lipinski definition) is 1. The molecule has 4 heteroatoms. The van der Waals surface area contributed by atoms with Gasteiger partial charge in [-0.15, -0.1) is 0 Å². The molecular formula is C11H14N2O2. The van der Waals surface area contributed by atoms with Crippen molar-refractivity contribution < 1.29 is 9.47 Å². The highest BCUT2D eigenvalue weighted by atomic mass is 16.5. The van der Waals surface area contributed by atoms with Gasteiger partial charge in [0.15, 0.2) is 11.5 Å². The van der Waals surface area contributed by atoms with Gasteiger partial charge in [0.2, 0.25) is 0 Å². The van der Waals surface area contributed by atoms with E-state index in [0.29, 0.717) is 6.04 Å². The van der Waals surface area contributed by atoms with Crippen molar-refractivity contribution in [3.8, 4) is 11.5 Å². The number of fused-ring (bicyclic) bond motifs is 1. The second kappa shape index (κ2) is 3.40. The van der Waals surface area contributed by atoms with Crippen LogP contribution in [0.1, 0.15) is 18.0 Å². The third kappa shape index (κ3) is 1.66. The molecule has 1 aromatic carbocycles. The summed E-state index contributed by atoms with van der Waals surface area (Å²) < 4.78 is 11.2. The van der Waals surface area contributed by atoms with Gasteiger partial charge in [-0.25, -0.2) is 5.01 Å². The van der Waals surface area contributed by atoms with Crippen LogP contribution in [0.25, 0.3) is 0 Å². The van der Waals surface area contributed by atoms with Crippen LogP contribution in [0.4, 0.5) is 0 Å². The van der Waals surface area contributed by atoms with Crippen LogP contribution in [-0.4, -0.2) is 24.8 Å². The lowest BCUT2D eigenvalue weighted by Gasteiger charge is -2.08. The molecule has 80 valence electrons. The minimum atomic E-state index is 0.363. The number of hydrazine groups is 1. The first-order valence-corrected chi connectivity index (χ1v) is 5.25. The van der Waals surface area contributed by atoms with Gasteiger partial charge in [0.1, 0.15) is 0 Å². The fourth-order valence-electron chi connectivity index (χ4n) is 1.84. The summed E-state index contributed by atoms with van der Waals surface area (Å²) in [6.07, 6.45) is 0.941. The Hall–Kier alpha value is -1.26. The monoisotopic (exact) mass is 206 g/mol. The third-order valence-corrected chi connectivity index (χ3v) is 2.81. The quantitative estimate of drug-likeness (QED) is 0.551. The van der Waals surface area contributed by atoms with E-state index in [2.05, 4.69) is 6.07 Å². The Bertz CT molecular complexity index is 381. The fraction of sp³-hybridized carbons (Fsp3) is 0.455. The summed E-state index contributed by atoms with van der Waals surface area (Å²) >= 11 is 0. The van der Waals surface area contributed by atoms with Gasteiger partial charge in [-0.1, -0.05) is 6.07 Å². The van der Waals surface area contributed by atoms with E-state index >= 15 is 0 Å². The van der Waals surface area contributed by atoms with Gasteiger partial charge in [-0.2, -0.15) is 0 Å². The number of nitrogens with zero attached hydrogens (tertiary/aromatic N) is 1. The van der Waals surface area contributed by atoms with Gasteiger partial charge in [0.25, 0.3) is 0 Å². The molecule has 1 aromatic rings. The van der Waals surface area contributed by atoms with E-state index in [1.165, 1.54) is 5.56 Å². The van der Waals surface area contributed by atoms with Crippen LogP contribution in [0.5, 0.6) is 11.5 Å². The van der Waals surface area contributed by atoms with Crippen LogP contribution >= 0.6 is 0 Å². The predicted octanol–water partition coefficient (Wildman–Crippen LogP) is 1.08. The van der Waals surface area contributed by atoms with Crippen LogP contribution in [0.3, 0.4) is 0 Å². The Balaban J connectivity index is 1.90. The van der Waals surface area contributed by atoms with Crippen molar-refractivity contribution >= 4 is 0 Å². The molecule has 0 aliphatic carbocycles. The number of ether oxygens (including phenoxy) is 2. The molecule has 3 rings (SSSR count). The molecule has 0 spiro atoms. The number of nitrogens with two attached hydrogens (primary N) is 1. The minimum Gasteiger partial charge on any atom is -0.490 e. The average molecular weight is 206 g/mol. The molecule has 1 fully saturated rings. The van der Waals surface area contributed by atoms with E-state index in [4.69, 9.17) is 15.3 Å². The lowest BCUT2D eigenvalue weighted by atomic mass is 10.1. The maximum absolute atomic E-state index is 5.67. The fourth-order valence-corrected chi connectivity index (χ4v) is 1.84. The van der Waals surface area contributed by atoms with E-state index in [1.54, 1.807) is 5.01 Å². The van der Waals surface area contributed by atoms with Crippen molar-refractivity contribution in [1.29, 1.82) is 0 Å². The lowest BCUT2D eigenvalue weighted by molar-refractivity contribution is 0.297. The smallest absolute Gasteiger partial charge is 0.161 e. The molecule has 2 atom stereocenters. The van der Waals surface area contributed by atoms with Crippen LogP contribution in [-0.2, 0) is 0 Å². The highest BCUT2D eigenvalue weighted by molar-refractivity contribution is 5.45. The molecule has 2 unspecified atom stereocenters. The summed E-state index contributed by atoms with van der Waals surface area (Å²) in [7, 11) is 0. The van der Waals surface area contributed by atoms with Gasteiger partial charge in [-0.05, 0) is 17.7 Å². The molecular weight excluding hydrogens is 192 g/mol. The maximum atomic E-state index is 5.67. The van der Waals surface area contributed by atoms with Gasteiger partial charge >= 0.3 is 0 Å². The molecule has 0 aromatic heterocycles. The van der Waals surface area contributed by atoms with Crippen LogP contribution in [0.15, 0.2) is 18.2 Å². The van der Waals surface area contributed by atoms with E-state index < -0.39 is 0 Å². The zero-order chi connectivity index (χ0) is 10.3. The lowest BCUT2D eigenvalue weighted by Crippen LogP contribution is -2.06. The molecule has 15 heavy (non-hydrogen) atoms. The number of benzene rings is 1. The summed E-state index contributed by atoms with van der Waals surface area (Å²) in [5.41, 5.74) is 1.21. The highest BCUT2D eigenvalue weighted by Crippen LogP contribution is 2.37. The first-order valence-electron chi connectivity index (χ1n) is 5.25. The Labute approximate surface area is 88.5 Å². The van der Waals surface area contributed by atoms with Crippen molar-refractivity contribution in [2.24, 2.45) is 5.84 Å². The minimum absolute atomic E-state index is 0.363. The average Bonchev–Trinajstić information content (AvgIpc) is 2.99. The second-order valence-electron chi connectivity index (χ2n) is 3.97. The SMILES string of the molecule is NN1CC1c1ccc2c(c1)OCCCO2. The van der Waals surface area contributed by atoms with Gasteiger partial charge < -0.3 is 9.47 Å². The molecule has 0 bridgehead atoms. The molecule has 2 heterocycles. The van der Waals surface area contributed by atoms with E-state index in [1.807, 2.05) is 12.1 Å². The van der Waals surface area contributed by atoms with Crippen molar-refractivity contribution in [1.82, 2.24) is 5.01 Å². The topological polar surface area (TPSA) is 47.5 Å². The summed E-state index contributed by atoms with van der Waals surface area (Å²) in [5.74, 6) is 7.37. The Kier molecular flexibility index (Phi) is 2.04. The standard InChI is InChI=1S/C11H14N2O2/c12-13-7-9(13)8-2-3-10-11(6-8)15-5-1-4-14-10/h2-3,6,9H,1,4-5,7,12H2. The molecule has 2 aliphatic rings. The van der Waals surface area contributed by atoms with Crippen molar-refractivity contribution in [3.05, 3.63) is 23.8 Å². The second-order valence-corrected chi connectivity index (χ2v) is 3.97. The predicted molar refractivity (Wildman–Crippen MR) is 55.7 cm³/mol. The molecule has 0 saturated carbocycles. The Morgan fingerprint density at radius 1 is 1.20 bits per heavy atom. The summed E-state index contributed by atoms with van der Waals surface area (Å²) in [6, 6.07) is 6.44. The van der Waals surface area contributed by atoms with Gasteiger partial charge in [-0.3, -0.25) is 5.84 Å². The van der Waals surface area contributed by atoms with Gasteiger partial charge in [0.05, 0.1) is 19.3 Å². The summed E-state index contributed by atoms with van der Waals surface area (Å²) in [6.45, 7) is 2.39. The van der Waals surface area contributed by atoms with Crippen molar-refractivity contribution in [2.75, 3.05) is 19.8 Å². The zero-order valence-electron chi connectivity index (χ0n) is 8.48. The van der Waals surface area contributed by atoms with Crippen LogP contribution in [0.2, 0.25) is 0 Å².